The first-order chi connectivity index (χ1) is 33.0. The van der Waals surface area contributed by atoms with Crippen LogP contribution in [-0.4, -0.2) is 47.4 Å². The van der Waals surface area contributed by atoms with E-state index in [0.717, 1.165) is 57.8 Å². The van der Waals surface area contributed by atoms with Gasteiger partial charge in [-0.15, -0.1) is 0 Å². The molecule has 0 saturated carbocycles. The molecule has 0 aliphatic carbocycles. The number of hydrogen-bond donors (Lipinski definition) is 3. The lowest BCUT2D eigenvalue weighted by molar-refractivity contribution is -0.143. The van der Waals surface area contributed by atoms with Crippen molar-refractivity contribution in [2.24, 2.45) is 0 Å². The van der Waals surface area contributed by atoms with Crippen LogP contribution in [0.15, 0.2) is 48.6 Å². The molecule has 0 aromatic heterocycles. The summed E-state index contributed by atoms with van der Waals surface area (Å²) in [5, 5.41) is 23.0. The maximum atomic E-state index is 12.4. The summed E-state index contributed by atoms with van der Waals surface area (Å²) in [6.07, 6.45) is 71.4. The molecule has 2 unspecified atom stereocenters. The molecule has 0 saturated heterocycles. The van der Waals surface area contributed by atoms with Gasteiger partial charge in [-0.1, -0.05) is 249 Å². The molecule has 3 N–H and O–H groups in total. The van der Waals surface area contributed by atoms with E-state index in [4.69, 9.17) is 4.74 Å². The van der Waals surface area contributed by atoms with Gasteiger partial charge in [0, 0.05) is 12.8 Å². The number of unbranched alkanes of at least 4 members (excludes halogenated alkanes) is 37. The summed E-state index contributed by atoms with van der Waals surface area (Å²) >= 11 is 0. The fourth-order valence-electron chi connectivity index (χ4n) is 8.78. The predicted molar refractivity (Wildman–Crippen MR) is 292 cm³/mol. The van der Waals surface area contributed by atoms with Gasteiger partial charge in [-0.3, -0.25) is 9.59 Å². The Morgan fingerprint density at radius 2 is 0.746 bits per heavy atom. The Kier molecular flexibility index (Phi) is 54.6. The van der Waals surface area contributed by atoms with Crippen LogP contribution in [0.1, 0.15) is 303 Å². The van der Waals surface area contributed by atoms with E-state index in [1.54, 1.807) is 6.08 Å². The highest BCUT2D eigenvalue weighted by Crippen LogP contribution is 2.16. The first-order valence-electron chi connectivity index (χ1n) is 29.4. The quantitative estimate of drug-likeness (QED) is 0.0321. The van der Waals surface area contributed by atoms with E-state index in [0.29, 0.717) is 19.4 Å². The fraction of sp³-hybridized carbons (Fsp3) is 0.836. The van der Waals surface area contributed by atoms with Crippen LogP contribution in [0, 0.1) is 0 Å². The third kappa shape index (κ3) is 53.0. The second kappa shape index (κ2) is 56.4. The van der Waals surface area contributed by atoms with Crippen LogP contribution >= 0.6 is 0 Å². The van der Waals surface area contributed by atoms with Crippen molar-refractivity contribution in [2.45, 2.75) is 315 Å². The smallest absolute Gasteiger partial charge is 0.305 e. The molecule has 0 bridgehead atoms. The van der Waals surface area contributed by atoms with Gasteiger partial charge < -0.3 is 20.3 Å². The molecule has 1 amide bonds. The van der Waals surface area contributed by atoms with E-state index in [9.17, 15) is 19.8 Å². The van der Waals surface area contributed by atoms with Gasteiger partial charge in [0.05, 0.1) is 25.4 Å². The van der Waals surface area contributed by atoms with Gasteiger partial charge in [-0.05, 0) is 89.9 Å². The number of carbonyl (C=O) groups is 2. The van der Waals surface area contributed by atoms with Gasteiger partial charge in [-0.25, -0.2) is 0 Å². The van der Waals surface area contributed by atoms with Crippen molar-refractivity contribution in [3.8, 4) is 0 Å². The number of aliphatic hydroxyl groups excluding tert-OH is 2. The highest BCUT2D eigenvalue weighted by atomic mass is 16.5. The number of carbonyl (C=O) groups excluding carboxylic acids is 2. The molecule has 0 heterocycles. The van der Waals surface area contributed by atoms with Gasteiger partial charge in [0.15, 0.2) is 0 Å². The van der Waals surface area contributed by atoms with Crippen molar-refractivity contribution in [2.75, 3.05) is 13.2 Å². The molecular weight excluding hydrogens is 827 g/mol. The number of allylic oxidation sites excluding steroid dienone is 7. The maximum Gasteiger partial charge on any atom is 0.305 e. The average Bonchev–Trinajstić information content (AvgIpc) is 3.33. The zero-order valence-corrected chi connectivity index (χ0v) is 44.6. The number of esters is 1. The Balaban J connectivity index is 3.41. The fourth-order valence-corrected chi connectivity index (χ4v) is 8.78. The van der Waals surface area contributed by atoms with Gasteiger partial charge in [0.25, 0.3) is 0 Å². The van der Waals surface area contributed by atoms with E-state index < -0.39 is 12.1 Å². The molecular formula is C61H113NO5. The van der Waals surface area contributed by atoms with Crippen LogP contribution in [0.4, 0.5) is 0 Å². The lowest BCUT2D eigenvalue weighted by atomic mass is 10.0. The summed E-state index contributed by atoms with van der Waals surface area (Å²) in [4.78, 5) is 24.5. The van der Waals surface area contributed by atoms with E-state index in [1.807, 2.05) is 6.08 Å². The Morgan fingerprint density at radius 1 is 0.418 bits per heavy atom. The minimum Gasteiger partial charge on any atom is -0.466 e. The largest absolute Gasteiger partial charge is 0.466 e. The molecule has 0 fully saturated rings. The molecule has 0 aromatic rings. The minimum absolute atomic E-state index is 0.00256. The molecule has 0 aliphatic heterocycles. The number of nitrogens with one attached hydrogen (secondary N) is 1. The molecule has 392 valence electrons. The van der Waals surface area contributed by atoms with Gasteiger partial charge in [0.1, 0.15) is 0 Å². The summed E-state index contributed by atoms with van der Waals surface area (Å²) in [6, 6.07) is -0.631. The topological polar surface area (TPSA) is 95.9 Å². The third-order valence-electron chi connectivity index (χ3n) is 13.3. The second-order valence-corrected chi connectivity index (χ2v) is 20.0. The van der Waals surface area contributed by atoms with Crippen molar-refractivity contribution in [1.29, 1.82) is 0 Å². The molecule has 67 heavy (non-hydrogen) atoms. The Hall–Kier alpha value is -2.18. The van der Waals surface area contributed by atoms with Crippen LogP contribution in [0.3, 0.4) is 0 Å². The van der Waals surface area contributed by atoms with Crippen LogP contribution in [0.2, 0.25) is 0 Å². The number of ether oxygens (including phenoxy) is 1. The van der Waals surface area contributed by atoms with Crippen LogP contribution in [0.5, 0.6) is 0 Å². The van der Waals surface area contributed by atoms with Crippen molar-refractivity contribution in [3.63, 3.8) is 0 Å². The third-order valence-corrected chi connectivity index (χ3v) is 13.3. The average molecular weight is 941 g/mol. The molecule has 0 aliphatic rings. The highest BCUT2D eigenvalue weighted by Gasteiger charge is 2.18. The standard InChI is InChI=1S/C61H113NO5/c1-3-5-7-9-11-13-15-16-17-25-29-32-35-39-43-47-51-55-61(66)67-56-52-48-44-40-36-33-30-27-24-22-20-18-19-21-23-26-28-31-34-38-42-46-50-54-60(65)62-58(57-63)59(64)53-49-45-41-37-14-12-10-8-6-4-2/h11,13,16-17,21,23,49,53,58-59,63-64H,3-10,12,14-15,18-20,22,24-48,50-52,54-57H2,1-2H3,(H,62,65)/b13-11-,17-16-,23-21-,53-49+. The summed E-state index contributed by atoms with van der Waals surface area (Å²) in [5.41, 5.74) is 0. The molecule has 0 radical (unpaired) electrons. The van der Waals surface area contributed by atoms with Crippen molar-refractivity contribution in [1.82, 2.24) is 5.32 Å². The lowest BCUT2D eigenvalue weighted by Crippen LogP contribution is -2.45. The summed E-state index contributed by atoms with van der Waals surface area (Å²) in [6.45, 7) is 4.85. The first-order valence-corrected chi connectivity index (χ1v) is 29.4. The van der Waals surface area contributed by atoms with E-state index in [1.165, 1.54) is 218 Å². The van der Waals surface area contributed by atoms with Crippen molar-refractivity contribution >= 4 is 11.9 Å². The second-order valence-electron chi connectivity index (χ2n) is 20.0. The van der Waals surface area contributed by atoms with E-state index >= 15 is 0 Å². The molecule has 0 spiro atoms. The van der Waals surface area contributed by atoms with Gasteiger partial charge in [-0.2, -0.15) is 0 Å². The normalized spacial score (nSPS) is 13.0. The zero-order chi connectivity index (χ0) is 48.6. The summed E-state index contributed by atoms with van der Waals surface area (Å²) < 4.78 is 5.48. The van der Waals surface area contributed by atoms with Gasteiger partial charge in [0.2, 0.25) is 5.91 Å². The number of amides is 1. The maximum absolute atomic E-state index is 12.4. The predicted octanol–water partition coefficient (Wildman–Crippen LogP) is 18.2. The Morgan fingerprint density at radius 3 is 1.18 bits per heavy atom. The molecule has 0 aromatic carbocycles. The number of rotatable bonds is 54. The SMILES string of the molecule is CCCCC/C=C\C/C=C\CCCCCCCCCC(=O)OCCCCCCCCCCCCCC/C=C\CCCCCCCCCC(=O)NC(CO)C(O)/C=C/CCCCCCCCCC. The number of aliphatic hydroxyl groups is 2. The summed E-state index contributed by atoms with van der Waals surface area (Å²) in [7, 11) is 0. The van der Waals surface area contributed by atoms with Crippen molar-refractivity contribution < 1.29 is 24.5 Å². The Bertz CT molecular complexity index is 1130. The van der Waals surface area contributed by atoms with E-state index in [-0.39, 0.29) is 18.5 Å². The molecule has 2 atom stereocenters. The zero-order valence-electron chi connectivity index (χ0n) is 44.6. The van der Waals surface area contributed by atoms with Crippen molar-refractivity contribution in [3.05, 3.63) is 48.6 Å². The minimum atomic E-state index is -0.847. The van der Waals surface area contributed by atoms with E-state index in [2.05, 4.69) is 55.6 Å². The van der Waals surface area contributed by atoms with Crippen LogP contribution in [0.25, 0.3) is 0 Å². The first kappa shape index (κ1) is 64.8. The molecule has 6 heteroatoms. The molecule has 0 rings (SSSR count). The van der Waals surface area contributed by atoms with Crippen LogP contribution < -0.4 is 5.32 Å². The lowest BCUT2D eigenvalue weighted by Gasteiger charge is -2.20. The van der Waals surface area contributed by atoms with Crippen LogP contribution in [-0.2, 0) is 14.3 Å². The monoisotopic (exact) mass is 940 g/mol. The van der Waals surface area contributed by atoms with Gasteiger partial charge >= 0.3 is 5.97 Å². The summed E-state index contributed by atoms with van der Waals surface area (Å²) in [5.74, 6) is -0.0743. The molecule has 6 nitrogen and oxygen atoms in total. The Labute approximate surface area is 416 Å². The number of hydrogen-bond acceptors (Lipinski definition) is 5. The highest BCUT2D eigenvalue weighted by molar-refractivity contribution is 5.76.